The molecule has 2 N–H and O–H groups in total. The van der Waals surface area contributed by atoms with E-state index in [1.807, 2.05) is 31.2 Å². The summed E-state index contributed by atoms with van der Waals surface area (Å²) in [7, 11) is 0. The number of ether oxygens (including phenoxy) is 1. The highest BCUT2D eigenvalue weighted by Gasteiger charge is 2.44. The maximum Gasteiger partial charge on any atom is 0.405 e. The predicted molar refractivity (Wildman–Crippen MR) is 99.9 cm³/mol. The van der Waals surface area contributed by atoms with Crippen LogP contribution < -0.4 is 10.6 Å². The van der Waals surface area contributed by atoms with Crippen molar-refractivity contribution in [2.24, 2.45) is 5.92 Å². The number of carbonyl (C=O) groups excluding carboxylic acids is 1. The van der Waals surface area contributed by atoms with Gasteiger partial charge in [-0.25, -0.2) is 0 Å². The zero-order valence-electron chi connectivity index (χ0n) is 16.1. The topological polar surface area (TPSA) is 53.6 Å². The lowest BCUT2D eigenvalue weighted by molar-refractivity contribution is -0.184. The van der Waals surface area contributed by atoms with Crippen molar-refractivity contribution in [3.63, 3.8) is 0 Å². The normalized spacial score (nSPS) is 25.3. The van der Waals surface area contributed by atoms with Crippen LogP contribution in [0, 0.1) is 12.8 Å². The Morgan fingerprint density at radius 3 is 2.61 bits per heavy atom. The Hall–Kier alpha value is -1.64. The van der Waals surface area contributed by atoms with E-state index in [9.17, 15) is 18.0 Å². The quantitative estimate of drug-likeness (QED) is 0.799. The molecule has 0 radical (unpaired) electrons. The van der Waals surface area contributed by atoms with Crippen LogP contribution >= 0.6 is 0 Å². The van der Waals surface area contributed by atoms with Gasteiger partial charge in [-0.3, -0.25) is 9.69 Å². The number of hydrogen-bond acceptors (Lipinski definition) is 4. The number of alkyl halides is 3. The van der Waals surface area contributed by atoms with E-state index < -0.39 is 30.8 Å². The summed E-state index contributed by atoms with van der Waals surface area (Å²) >= 11 is 0. The Balaban J connectivity index is 1.66. The molecule has 3 rings (SSSR count). The van der Waals surface area contributed by atoms with Gasteiger partial charge >= 0.3 is 6.18 Å². The minimum Gasteiger partial charge on any atom is -0.373 e. The molecule has 2 heterocycles. The zero-order chi connectivity index (χ0) is 20.1. The molecule has 2 aliphatic heterocycles. The minimum atomic E-state index is -4.38. The first-order chi connectivity index (χ1) is 13.4. The van der Waals surface area contributed by atoms with Gasteiger partial charge in [0.1, 0.15) is 6.04 Å². The monoisotopic (exact) mass is 399 g/mol. The summed E-state index contributed by atoms with van der Waals surface area (Å²) in [5.41, 5.74) is 1.99. The Morgan fingerprint density at radius 1 is 1.29 bits per heavy atom. The van der Waals surface area contributed by atoms with Crippen molar-refractivity contribution in [1.29, 1.82) is 0 Å². The number of hydrogen-bond donors (Lipinski definition) is 2. The van der Waals surface area contributed by atoms with Gasteiger partial charge in [-0.05, 0) is 25.3 Å². The number of amides is 1. The third kappa shape index (κ3) is 5.24. The molecule has 8 heteroatoms. The van der Waals surface area contributed by atoms with Gasteiger partial charge in [0.25, 0.3) is 0 Å². The van der Waals surface area contributed by atoms with Gasteiger partial charge in [0.05, 0.1) is 12.0 Å². The van der Waals surface area contributed by atoms with Crippen LogP contribution in [0.2, 0.25) is 0 Å². The Bertz CT molecular complexity index is 645. The van der Waals surface area contributed by atoms with Crippen LogP contribution in [0.1, 0.15) is 30.1 Å². The summed E-state index contributed by atoms with van der Waals surface area (Å²) in [4.78, 5) is 14.2. The van der Waals surface area contributed by atoms with E-state index in [1.54, 1.807) is 0 Å². The van der Waals surface area contributed by atoms with E-state index in [0.29, 0.717) is 39.2 Å². The summed E-state index contributed by atoms with van der Waals surface area (Å²) in [6.45, 7) is 3.77. The number of aryl methyl sites for hydroxylation is 1. The Labute approximate surface area is 163 Å². The van der Waals surface area contributed by atoms with E-state index in [0.717, 1.165) is 17.5 Å². The van der Waals surface area contributed by atoms with Crippen molar-refractivity contribution < 1.29 is 22.7 Å². The van der Waals surface area contributed by atoms with Crippen molar-refractivity contribution >= 4 is 5.91 Å². The second-order valence-corrected chi connectivity index (χ2v) is 7.54. The van der Waals surface area contributed by atoms with E-state index in [-0.39, 0.29) is 5.91 Å². The van der Waals surface area contributed by atoms with Crippen LogP contribution in [-0.2, 0) is 9.53 Å². The van der Waals surface area contributed by atoms with Crippen molar-refractivity contribution in [3.05, 3.63) is 35.4 Å². The van der Waals surface area contributed by atoms with Crippen molar-refractivity contribution in [2.75, 3.05) is 39.3 Å². The molecule has 3 atom stereocenters. The molecular formula is C20H28F3N3O2. The van der Waals surface area contributed by atoms with Crippen LogP contribution in [0.4, 0.5) is 13.2 Å². The highest BCUT2D eigenvalue weighted by molar-refractivity contribution is 5.79. The van der Waals surface area contributed by atoms with Gasteiger partial charge < -0.3 is 15.4 Å². The first-order valence-corrected chi connectivity index (χ1v) is 9.83. The molecule has 0 spiro atoms. The molecule has 0 aliphatic carbocycles. The van der Waals surface area contributed by atoms with Gasteiger partial charge in [-0.1, -0.05) is 29.8 Å². The number of nitrogens with one attached hydrogen (secondary N) is 2. The van der Waals surface area contributed by atoms with Crippen molar-refractivity contribution in [1.82, 2.24) is 15.5 Å². The molecule has 0 saturated carbocycles. The first-order valence-electron chi connectivity index (χ1n) is 9.83. The van der Waals surface area contributed by atoms with Crippen molar-refractivity contribution in [3.8, 4) is 0 Å². The van der Waals surface area contributed by atoms with Crippen LogP contribution in [0.25, 0.3) is 0 Å². The van der Waals surface area contributed by atoms with Gasteiger partial charge in [0, 0.05) is 39.3 Å². The van der Waals surface area contributed by atoms with Crippen LogP contribution in [0.15, 0.2) is 24.3 Å². The number of rotatable bonds is 5. The van der Waals surface area contributed by atoms with Gasteiger partial charge in [0.2, 0.25) is 5.91 Å². The lowest BCUT2D eigenvalue weighted by atomic mass is 9.88. The molecule has 1 aromatic carbocycles. The summed E-state index contributed by atoms with van der Waals surface area (Å²) in [6.07, 6.45) is -3.47. The van der Waals surface area contributed by atoms with Crippen LogP contribution in [-0.4, -0.2) is 62.4 Å². The lowest BCUT2D eigenvalue weighted by Crippen LogP contribution is -2.58. The Morgan fingerprint density at radius 2 is 1.96 bits per heavy atom. The van der Waals surface area contributed by atoms with Gasteiger partial charge in [0.15, 0.2) is 0 Å². The third-order valence-electron chi connectivity index (χ3n) is 5.50. The fourth-order valence-electron chi connectivity index (χ4n) is 3.91. The maximum atomic E-state index is 13.5. The summed E-state index contributed by atoms with van der Waals surface area (Å²) in [5, 5.41) is 5.62. The van der Waals surface area contributed by atoms with Crippen molar-refractivity contribution in [2.45, 2.75) is 38.1 Å². The molecule has 28 heavy (non-hydrogen) atoms. The average Bonchev–Trinajstić information content (AvgIpc) is 2.68. The molecule has 1 aromatic rings. The molecule has 1 amide bonds. The summed E-state index contributed by atoms with van der Waals surface area (Å²) in [5.74, 6) is -0.844. The summed E-state index contributed by atoms with van der Waals surface area (Å²) < 4.78 is 46.4. The average molecular weight is 399 g/mol. The van der Waals surface area contributed by atoms with Crippen LogP contribution in [0.3, 0.4) is 0 Å². The number of halogens is 3. The van der Waals surface area contributed by atoms with E-state index in [2.05, 4.69) is 10.6 Å². The second-order valence-electron chi connectivity index (χ2n) is 7.54. The van der Waals surface area contributed by atoms with Gasteiger partial charge in [-0.15, -0.1) is 0 Å². The highest BCUT2D eigenvalue weighted by atomic mass is 19.4. The van der Waals surface area contributed by atoms with E-state index in [1.165, 1.54) is 4.90 Å². The molecule has 2 aliphatic rings. The molecule has 2 saturated heterocycles. The number of nitrogens with zero attached hydrogens (tertiary/aromatic N) is 1. The third-order valence-corrected chi connectivity index (χ3v) is 5.50. The number of benzene rings is 1. The Kier molecular flexibility index (Phi) is 6.95. The fourth-order valence-corrected chi connectivity index (χ4v) is 3.91. The number of piperazine rings is 1. The standard InChI is InChI=1S/C20H28F3N3O2/c1-14-4-6-15(7-5-14)18-16(3-2-12-28-18)19(27)25-13-17(20(21,22)23)26-10-8-24-9-11-26/h4-7,16-18,24H,2-3,8-13H2,1H3,(H,25,27). The maximum absolute atomic E-state index is 13.5. The smallest absolute Gasteiger partial charge is 0.373 e. The molecule has 0 aromatic heterocycles. The molecular weight excluding hydrogens is 371 g/mol. The van der Waals surface area contributed by atoms with Crippen LogP contribution in [0.5, 0.6) is 0 Å². The zero-order valence-corrected chi connectivity index (χ0v) is 16.1. The SMILES string of the molecule is Cc1ccc(C2OCCCC2C(=O)NCC(N2CCNCC2)C(F)(F)F)cc1. The minimum absolute atomic E-state index is 0.318. The summed E-state index contributed by atoms with van der Waals surface area (Å²) in [6, 6.07) is 6.08. The fraction of sp³-hybridized carbons (Fsp3) is 0.650. The first kappa shape index (κ1) is 21.1. The molecule has 5 nitrogen and oxygen atoms in total. The number of carbonyl (C=O) groups is 1. The molecule has 0 bridgehead atoms. The predicted octanol–water partition coefficient (Wildman–Crippen LogP) is 2.42. The molecule has 156 valence electrons. The molecule has 3 unspecified atom stereocenters. The van der Waals surface area contributed by atoms with E-state index in [4.69, 9.17) is 4.74 Å². The van der Waals surface area contributed by atoms with Gasteiger partial charge in [-0.2, -0.15) is 13.2 Å². The van der Waals surface area contributed by atoms with E-state index >= 15 is 0 Å². The highest BCUT2D eigenvalue weighted by Crippen LogP contribution is 2.34. The largest absolute Gasteiger partial charge is 0.405 e. The second kappa shape index (κ2) is 9.24. The lowest BCUT2D eigenvalue weighted by Gasteiger charge is -2.37. The molecule has 2 fully saturated rings.